The number of rotatable bonds is 3. The van der Waals surface area contributed by atoms with Crippen molar-refractivity contribution in [3.05, 3.63) is 0 Å². The van der Waals surface area contributed by atoms with Crippen molar-refractivity contribution in [2.45, 2.75) is 0 Å². The Morgan fingerprint density at radius 1 is 1.75 bits per heavy atom. The van der Waals surface area contributed by atoms with Crippen molar-refractivity contribution in [1.82, 2.24) is 0 Å². The molecule has 4 heteroatoms. The second kappa shape index (κ2) is 3.40. The molecule has 0 radical (unpaired) electrons. The molecule has 0 aliphatic rings. The standard InChI is InChI=1S/C4H10N2O2/c5-1-3(2-7)4(6)8/h3,7H,1-2,5H2,(H2,6,8). The van der Waals surface area contributed by atoms with Gasteiger partial charge in [-0.25, -0.2) is 0 Å². The van der Waals surface area contributed by atoms with Crippen molar-refractivity contribution in [3.63, 3.8) is 0 Å². The molecule has 0 aliphatic carbocycles. The molecule has 1 atom stereocenters. The predicted molar refractivity (Wildman–Crippen MR) is 28.8 cm³/mol. The molecule has 0 bridgehead atoms. The highest BCUT2D eigenvalue weighted by Gasteiger charge is 2.09. The zero-order valence-corrected chi connectivity index (χ0v) is 4.50. The second-order valence-electron chi connectivity index (χ2n) is 1.52. The highest BCUT2D eigenvalue weighted by molar-refractivity contribution is 5.76. The first-order chi connectivity index (χ1) is 3.72. The zero-order chi connectivity index (χ0) is 6.57. The molecular formula is C4H10N2O2. The van der Waals surface area contributed by atoms with Crippen LogP contribution in [0.5, 0.6) is 0 Å². The Bertz CT molecular complexity index is 80.1. The van der Waals surface area contributed by atoms with Gasteiger partial charge in [0.1, 0.15) is 0 Å². The lowest BCUT2D eigenvalue weighted by Gasteiger charge is -2.03. The van der Waals surface area contributed by atoms with Crippen LogP contribution in [-0.2, 0) is 4.79 Å². The van der Waals surface area contributed by atoms with Gasteiger partial charge in [0.15, 0.2) is 0 Å². The first kappa shape index (κ1) is 7.39. The minimum Gasteiger partial charge on any atom is -0.395 e. The Morgan fingerprint density at radius 3 is 2.25 bits per heavy atom. The third-order valence-corrected chi connectivity index (χ3v) is 0.907. The van der Waals surface area contributed by atoms with E-state index in [0.717, 1.165) is 0 Å². The van der Waals surface area contributed by atoms with Crippen molar-refractivity contribution in [2.24, 2.45) is 17.4 Å². The minimum atomic E-state index is -0.574. The fourth-order valence-corrected chi connectivity index (χ4v) is 0.281. The summed E-state index contributed by atoms with van der Waals surface area (Å²) < 4.78 is 0. The largest absolute Gasteiger partial charge is 0.395 e. The van der Waals surface area contributed by atoms with E-state index >= 15 is 0 Å². The number of nitrogens with two attached hydrogens (primary N) is 2. The average Bonchev–Trinajstić information content (AvgIpc) is 1.69. The van der Waals surface area contributed by atoms with Gasteiger partial charge in [-0.05, 0) is 0 Å². The molecule has 0 saturated carbocycles. The Kier molecular flexibility index (Phi) is 3.14. The van der Waals surface area contributed by atoms with E-state index in [1.807, 2.05) is 0 Å². The monoisotopic (exact) mass is 118 g/mol. The summed E-state index contributed by atoms with van der Waals surface area (Å²) in [6.07, 6.45) is 0. The molecule has 0 aromatic rings. The van der Waals surface area contributed by atoms with Crippen LogP contribution in [-0.4, -0.2) is 24.2 Å². The van der Waals surface area contributed by atoms with Crippen LogP contribution in [0, 0.1) is 5.92 Å². The molecule has 0 spiro atoms. The lowest BCUT2D eigenvalue weighted by Crippen LogP contribution is -2.32. The first-order valence-electron chi connectivity index (χ1n) is 2.32. The van der Waals surface area contributed by atoms with E-state index in [4.69, 9.17) is 16.6 Å². The van der Waals surface area contributed by atoms with Gasteiger partial charge in [0.2, 0.25) is 5.91 Å². The van der Waals surface area contributed by atoms with Gasteiger partial charge in [0.25, 0.3) is 0 Å². The van der Waals surface area contributed by atoms with Crippen molar-refractivity contribution >= 4 is 5.91 Å². The van der Waals surface area contributed by atoms with E-state index < -0.39 is 11.8 Å². The van der Waals surface area contributed by atoms with Crippen molar-refractivity contribution < 1.29 is 9.90 Å². The van der Waals surface area contributed by atoms with E-state index in [9.17, 15) is 4.79 Å². The maximum Gasteiger partial charge on any atom is 0.224 e. The Morgan fingerprint density at radius 2 is 2.25 bits per heavy atom. The number of hydrogen-bond acceptors (Lipinski definition) is 3. The Balaban J connectivity index is 3.52. The van der Waals surface area contributed by atoms with Crippen LogP contribution in [0.4, 0.5) is 0 Å². The quantitative estimate of drug-likeness (QED) is 0.402. The number of aliphatic hydroxyl groups is 1. The lowest BCUT2D eigenvalue weighted by molar-refractivity contribution is -0.122. The molecular weight excluding hydrogens is 108 g/mol. The normalized spacial score (nSPS) is 13.2. The van der Waals surface area contributed by atoms with Crippen LogP contribution in [0.15, 0.2) is 0 Å². The van der Waals surface area contributed by atoms with Crippen molar-refractivity contribution in [3.8, 4) is 0 Å². The smallest absolute Gasteiger partial charge is 0.224 e. The number of amides is 1. The fraction of sp³-hybridized carbons (Fsp3) is 0.750. The molecule has 0 aromatic carbocycles. The second-order valence-corrected chi connectivity index (χ2v) is 1.52. The van der Waals surface area contributed by atoms with Crippen LogP contribution < -0.4 is 11.5 Å². The van der Waals surface area contributed by atoms with Crippen LogP contribution in [0.1, 0.15) is 0 Å². The molecule has 5 N–H and O–H groups in total. The van der Waals surface area contributed by atoms with Crippen LogP contribution in [0.25, 0.3) is 0 Å². The summed E-state index contributed by atoms with van der Waals surface area (Å²) in [6, 6.07) is 0. The van der Waals surface area contributed by atoms with Crippen molar-refractivity contribution in [1.29, 1.82) is 0 Å². The first-order valence-corrected chi connectivity index (χ1v) is 2.32. The molecule has 1 unspecified atom stereocenters. The SMILES string of the molecule is NCC(CO)C(N)=O. The summed E-state index contributed by atoms with van der Waals surface area (Å²) in [5.74, 6) is -1.12. The van der Waals surface area contributed by atoms with Crippen molar-refractivity contribution in [2.75, 3.05) is 13.2 Å². The fourth-order valence-electron chi connectivity index (χ4n) is 0.281. The maximum absolute atomic E-state index is 10.1. The minimum absolute atomic E-state index is 0.117. The summed E-state index contributed by atoms with van der Waals surface area (Å²) in [5, 5.41) is 8.32. The van der Waals surface area contributed by atoms with Gasteiger partial charge in [-0.15, -0.1) is 0 Å². The predicted octanol–water partition coefficient (Wildman–Crippen LogP) is -1.96. The molecule has 0 aromatic heterocycles. The van der Waals surface area contributed by atoms with Gasteiger partial charge in [-0.1, -0.05) is 0 Å². The van der Waals surface area contributed by atoms with Gasteiger partial charge in [0, 0.05) is 6.54 Å². The van der Waals surface area contributed by atoms with E-state index in [1.165, 1.54) is 0 Å². The highest BCUT2D eigenvalue weighted by atomic mass is 16.3. The summed E-state index contributed by atoms with van der Waals surface area (Å²) in [6.45, 7) is -0.141. The van der Waals surface area contributed by atoms with Crippen LogP contribution >= 0.6 is 0 Å². The van der Waals surface area contributed by atoms with E-state index in [1.54, 1.807) is 0 Å². The number of carbonyl (C=O) groups excluding carboxylic acids is 1. The topological polar surface area (TPSA) is 89.3 Å². The van der Waals surface area contributed by atoms with E-state index in [2.05, 4.69) is 0 Å². The molecule has 0 fully saturated rings. The van der Waals surface area contributed by atoms with Gasteiger partial charge in [-0.3, -0.25) is 4.79 Å². The molecule has 1 amide bonds. The third-order valence-electron chi connectivity index (χ3n) is 0.907. The molecule has 0 rings (SSSR count). The van der Waals surface area contributed by atoms with Crippen LogP contribution in [0.2, 0.25) is 0 Å². The highest BCUT2D eigenvalue weighted by Crippen LogP contribution is 1.86. The summed E-state index contributed by atoms with van der Waals surface area (Å²) in [4.78, 5) is 10.1. The van der Waals surface area contributed by atoms with Crippen LogP contribution in [0.3, 0.4) is 0 Å². The van der Waals surface area contributed by atoms with Gasteiger partial charge in [0.05, 0.1) is 12.5 Å². The Labute approximate surface area is 47.5 Å². The number of carbonyl (C=O) groups is 1. The molecule has 8 heavy (non-hydrogen) atoms. The molecule has 4 nitrogen and oxygen atoms in total. The maximum atomic E-state index is 10.1. The number of hydrogen-bond donors (Lipinski definition) is 3. The Hall–Kier alpha value is -0.610. The van der Waals surface area contributed by atoms with E-state index in [-0.39, 0.29) is 13.2 Å². The van der Waals surface area contributed by atoms with Gasteiger partial charge in [-0.2, -0.15) is 0 Å². The zero-order valence-electron chi connectivity index (χ0n) is 4.50. The summed E-state index contributed by atoms with van der Waals surface area (Å²) in [7, 11) is 0. The lowest BCUT2D eigenvalue weighted by atomic mass is 10.1. The average molecular weight is 118 g/mol. The molecule has 48 valence electrons. The number of aliphatic hydroxyl groups excluding tert-OH is 1. The molecule has 0 aliphatic heterocycles. The summed E-state index contributed by atoms with van der Waals surface area (Å²) >= 11 is 0. The molecule has 0 heterocycles. The van der Waals surface area contributed by atoms with Gasteiger partial charge < -0.3 is 16.6 Å². The van der Waals surface area contributed by atoms with E-state index in [0.29, 0.717) is 0 Å². The number of primary amides is 1. The molecule has 0 saturated heterocycles. The summed E-state index contributed by atoms with van der Waals surface area (Å²) in [5.41, 5.74) is 9.80. The third kappa shape index (κ3) is 1.90. The van der Waals surface area contributed by atoms with Gasteiger partial charge >= 0.3 is 0 Å².